The summed E-state index contributed by atoms with van der Waals surface area (Å²) in [4.78, 5) is 0. The molecule has 25 heavy (non-hydrogen) atoms. The Morgan fingerprint density at radius 3 is 2.88 bits per heavy atom. The molecule has 0 aliphatic carbocycles. The number of benzene rings is 1. The Morgan fingerprint density at radius 2 is 2.24 bits per heavy atom. The summed E-state index contributed by atoms with van der Waals surface area (Å²) in [7, 11) is 0. The normalized spacial score (nSPS) is 12.5. The zero-order chi connectivity index (χ0) is 18.6. The van der Waals surface area contributed by atoms with Crippen LogP contribution in [0.25, 0.3) is 0 Å². The molecule has 1 atom stereocenters. The van der Waals surface area contributed by atoms with Crippen LogP contribution in [0, 0.1) is 22.6 Å². The molecule has 0 spiro atoms. The first-order valence-electron chi connectivity index (χ1n) is 7.13. The van der Waals surface area contributed by atoms with Crippen LogP contribution in [0.4, 0.5) is 10.1 Å². The van der Waals surface area contributed by atoms with E-state index in [1.165, 1.54) is 26.0 Å². The maximum atomic E-state index is 13.3. The molecule has 0 radical (unpaired) electrons. The van der Waals surface area contributed by atoms with Crippen molar-refractivity contribution < 1.29 is 19.2 Å². The summed E-state index contributed by atoms with van der Waals surface area (Å²) >= 11 is 1.07. The van der Waals surface area contributed by atoms with E-state index in [1.807, 2.05) is 0 Å². The number of thioether (sulfide) groups is 1. The Morgan fingerprint density at radius 1 is 1.52 bits per heavy atom. The highest BCUT2D eigenvalue weighted by molar-refractivity contribution is 7.99. The van der Waals surface area contributed by atoms with E-state index in [0.717, 1.165) is 17.8 Å². The van der Waals surface area contributed by atoms with Crippen molar-refractivity contribution in [3.8, 4) is 6.07 Å². The van der Waals surface area contributed by atoms with Crippen LogP contribution in [0.1, 0.15) is 25.1 Å². The maximum absolute atomic E-state index is 13.3. The molecule has 1 unspecified atom stereocenters. The Labute approximate surface area is 147 Å². The highest BCUT2D eigenvalue weighted by Gasteiger charge is 2.26. The monoisotopic (exact) mass is 365 g/mol. The van der Waals surface area contributed by atoms with Crippen molar-refractivity contribution in [1.82, 2.24) is 10.3 Å². The average Bonchev–Trinajstić information content (AvgIpc) is 3.02. The molecule has 0 saturated carbocycles. The van der Waals surface area contributed by atoms with Crippen LogP contribution in [0.5, 0.6) is 0 Å². The number of amidine groups is 1. The number of hydrogen-bond acceptors (Lipinski definition) is 8. The zero-order valence-electron chi connectivity index (χ0n) is 13.4. The second kappa shape index (κ2) is 7.60. The van der Waals surface area contributed by atoms with Crippen LogP contribution in [0.3, 0.4) is 0 Å². The van der Waals surface area contributed by atoms with Crippen molar-refractivity contribution in [2.45, 2.75) is 30.6 Å². The lowest BCUT2D eigenvalue weighted by molar-refractivity contribution is -0.0350. The summed E-state index contributed by atoms with van der Waals surface area (Å²) in [5.41, 5.74) is -1.01. The van der Waals surface area contributed by atoms with E-state index >= 15 is 0 Å². The number of nitrogens with one attached hydrogen (secondary N) is 2. The number of aromatic nitrogens is 2. The first kappa shape index (κ1) is 18.9. The van der Waals surface area contributed by atoms with E-state index in [0.29, 0.717) is 5.69 Å². The summed E-state index contributed by atoms with van der Waals surface area (Å²) in [5.74, 6) is -0.704. The standard InChI is InChI=1S/C15H16FN5O3S/c1-15(2,23)11(22)7-25-14-12(20-24-21-14)13(18)19-9-3-4-10(16)8(5-9)6-17/h3-5,11,22-23H,7H2,1-2H3,(H2,18,19). The lowest BCUT2D eigenvalue weighted by Crippen LogP contribution is -2.37. The van der Waals surface area contributed by atoms with E-state index in [2.05, 4.69) is 20.3 Å². The Bertz CT molecular complexity index is 812. The number of rotatable bonds is 6. The molecule has 10 heteroatoms. The van der Waals surface area contributed by atoms with Crippen molar-refractivity contribution in [2.24, 2.45) is 0 Å². The highest BCUT2D eigenvalue weighted by Crippen LogP contribution is 2.24. The SMILES string of the molecule is CC(C)(O)C(O)CSc1nonc1C(=N)Nc1ccc(F)c(C#N)c1. The number of hydrogen-bond donors (Lipinski definition) is 4. The van der Waals surface area contributed by atoms with E-state index in [1.54, 1.807) is 6.07 Å². The van der Waals surface area contributed by atoms with Gasteiger partial charge in [0.05, 0.1) is 17.3 Å². The summed E-state index contributed by atoms with van der Waals surface area (Å²) in [6.45, 7) is 2.95. The van der Waals surface area contributed by atoms with Gasteiger partial charge >= 0.3 is 0 Å². The van der Waals surface area contributed by atoms with Crippen molar-refractivity contribution >= 4 is 23.3 Å². The summed E-state index contributed by atoms with van der Waals surface area (Å²) < 4.78 is 18.0. The molecule has 0 bridgehead atoms. The van der Waals surface area contributed by atoms with E-state index < -0.39 is 17.5 Å². The van der Waals surface area contributed by atoms with Crippen molar-refractivity contribution in [2.75, 3.05) is 11.1 Å². The number of aliphatic hydroxyl groups is 2. The smallest absolute Gasteiger partial charge is 0.183 e. The maximum Gasteiger partial charge on any atom is 0.183 e. The van der Waals surface area contributed by atoms with E-state index in [4.69, 9.17) is 10.7 Å². The van der Waals surface area contributed by atoms with Crippen LogP contribution < -0.4 is 5.32 Å². The molecule has 1 aromatic heterocycles. The van der Waals surface area contributed by atoms with Gasteiger partial charge in [-0.05, 0) is 42.4 Å². The minimum absolute atomic E-state index is 0.0933. The molecule has 132 valence electrons. The molecular weight excluding hydrogens is 349 g/mol. The number of aliphatic hydroxyl groups excluding tert-OH is 1. The fraction of sp³-hybridized carbons (Fsp3) is 0.333. The van der Waals surface area contributed by atoms with Crippen LogP contribution in [0.2, 0.25) is 0 Å². The summed E-state index contributed by atoms with van der Waals surface area (Å²) in [5, 5.41) is 46.7. The Hall–Kier alpha value is -2.48. The van der Waals surface area contributed by atoms with E-state index in [9.17, 15) is 14.6 Å². The largest absolute Gasteiger partial charge is 0.389 e. The third kappa shape index (κ3) is 4.76. The minimum atomic E-state index is -1.28. The minimum Gasteiger partial charge on any atom is -0.389 e. The molecule has 2 rings (SSSR count). The molecule has 0 amide bonds. The fourth-order valence-electron chi connectivity index (χ4n) is 1.68. The number of anilines is 1. The predicted octanol–water partition coefficient (Wildman–Crippen LogP) is 1.74. The molecular formula is C15H16FN5O3S. The average molecular weight is 365 g/mol. The number of halogens is 1. The summed E-state index contributed by atoms with van der Waals surface area (Å²) in [6.07, 6.45) is -1.01. The number of nitriles is 1. The quantitative estimate of drug-likeness (QED) is 0.345. The fourth-order valence-corrected chi connectivity index (χ4v) is 2.77. The van der Waals surface area contributed by atoms with Gasteiger partial charge in [-0.25, -0.2) is 9.02 Å². The van der Waals surface area contributed by atoms with Crippen molar-refractivity contribution in [3.05, 3.63) is 35.3 Å². The molecule has 0 aliphatic rings. The van der Waals surface area contributed by atoms with E-state index in [-0.39, 0.29) is 27.9 Å². The van der Waals surface area contributed by atoms with Crippen LogP contribution >= 0.6 is 11.8 Å². The molecule has 0 saturated heterocycles. The van der Waals surface area contributed by atoms with Gasteiger partial charge in [-0.15, -0.1) is 0 Å². The van der Waals surface area contributed by atoms with Gasteiger partial charge in [0.2, 0.25) is 0 Å². The second-order valence-corrected chi connectivity index (χ2v) is 6.71. The topological polar surface area (TPSA) is 139 Å². The van der Waals surface area contributed by atoms with Gasteiger partial charge in [-0.3, -0.25) is 5.41 Å². The first-order chi connectivity index (χ1) is 11.7. The molecule has 0 aliphatic heterocycles. The molecule has 4 N–H and O–H groups in total. The van der Waals surface area contributed by atoms with Gasteiger partial charge in [0.25, 0.3) is 0 Å². The Balaban J connectivity index is 2.09. The third-order valence-corrected chi connectivity index (χ3v) is 4.27. The van der Waals surface area contributed by atoms with Gasteiger partial charge in [-0.1, -0.05) is 11.8 Å². The van der Waals surface area contributed by atoms with Gasteiger partial charge in [0.1, 0.15) is 11.9 Å². The lowest BCUT2D eigenvalue weighted by Gasteiger charge is -2.23. The van der Waals surface area contributed by atoms with Crippen LogP contribution in [-0.4, -0.2) is 43.8 Å². The second-order valence-electron chi connectivity index (χ2n) is 5.70. The van der Waals surface area contributed by atoms with Gasteiger partial charge in [0, 0.05) is 11.4 Å². The van der Waals surface area contributed by atoms with Crippen molar-refractivity contribution in [3.63, 3.8) is 0 Å². The molecule has 1 aromatic carbocycles. The van der Waals surface area contributed by atoms with Gasteiger partial charge in [-0.2, -0.15) is 5.26 Å². The zero-order valence-corrected chi connectivity index (χ0v) is 14.3. The summed E-state index contributed by atoms with van der Waals surface area (Å²) in [6, 6.07) is 5.47. The van der Waals surface area contributed by atoms with Crippen LogP contribution in [-0.2, 0) is 0 Å². The molecule has 1 heterocycles. The molecule has 0 fully saturated rings. The Kier molecular flexibility index (Phi) is 5.73. The number of nitrogens with zero attached hydrogens (tertiary/aromatic N) is 3. The molecule has 8 nitrogen and oxygen atoms in total. The molecule has 2 aromatic rings. The van der Waals surface area contributed by atoms with Crippen LogP contribution in [0.15, 0.2) is 27.9 Å². The highest BCUT2D eigenvalue weighted by atomic mass is 32.2. The first-order valence-corrected chi connectivity index (χ1v) is 8.12. The predicted molar refractivity (Wildman–Crippen MR) is 88.9 cm³/mol. The van der Waals surface area contributed by atoms with Gasteiger partial charge in [0.15, 0.2) is 16.6 Å². The van der Waals surface area contributed by atoms with Gasteiger partial charge < -0.3 is 15.5 Å². The lowest BCUT2D eigenvalue weighted by atomic mass is 10.0. The van der Waals surface area contributed by atoms with Crippen molar-refractivity contribution in [1.29, 1.82) is 10.7 Å². The third-order valence-electron chi connectivity index (χ3n) is 3.24.